The Morgan fingerprint density at radius 3 is 3.00 bits per heavy atom. The normalized spacial score (nSPS) is 20.4. The highest BCUT2D eigenvalue weighted by atomic mass is 35.5. The minimum Gasteiger partial charge on any atom is -0.338 e. The molecule has 4 heteroatoms. The molecule has 17 heavy (non-hydrogen) atoms. The van der Waals surface area contributed by atoms with Crippen molar-refractivity contribution in [3.63, 3.8) is 0 Å². The third kappa shape index (κ3) is 2.78. The Kier molecular flexibility index (Phi) is 3.67. The number of carbonyl (C=O) groups excluding carboxylic acids is 1. The molecule has 1 saturated heterocycles. The summed E-state index contributed by atoms with van der Waals surface area (Å²) in [6.07, 6.45) is 2.14. The van der Waals surface area contributed by atoms with Crippen LogP contribution in [0.5, 0.6) is 0 Å². The van der Waals surface area contributed by atoms with Crippen molar-refractivity contribution in [2.24, 2.45) is 5.92 Å². The molecule has 1 heterocycles. The molecular weight excluding hydrogens is 241 g/mol. The molecule has 1 unspecified atom stereocenters. The molecule has 0 aliphatic carbocycles. The van der Waals surface area contributed by atoms with Gasteiger partial charge in [0.05, 0.1) is 10.6 Å². The number of hydrogen-bond acceptors (Lipinski definition) is 1. The molecule has 0 N–H and O–H groups in total. The van der Waals surface area contributed by atoms with E-state index in [0.29, 0.717) is 10.9 Å². The van der Waals surface area contributed by atoms with Gasteiger partial charge in [0, 0.05) is 13.1 Å². The van der Waals surface area contributed by atoms with E-state index < -0.39 is 5.82 Å². The minimum absolute atomic E-state index is 0.166. The van der Waals surface area contributed by atoms with Crippen LogP contribution in [0, 0.1) is 11.7 Å². The van der Waals surface area contributed by atoms with Gasteiger partial charge in [-0.15, -0.1) is 0 Å². The van der Waals surface area contributed by atoms with Crippen LogP contribution in [-0.2, 0) is 0 Å². The number of benzene rings is 1. The molecule has 1 atom stereocenters. The van der Waals surface area contributed by atoms with Crippen molar-refractivity contribution in [2.45, 2.75) is 19.8 Å². The molecule has 2 rings (SSSR count). The number of piperidine rings is 1. The van der Waals surface area contributed by atoms with Gasteiger partial charge in [-0.3, -0.25) is 4.79 Å². The molecule has 2 nitrogen and oxygen atoms in total. The van der Waals surface area contributed by atoms with Gasteiger partial charge in [-0.2, -0.15) is 0 Å². The Morgan fingerprint density at radius 1 is 1.53 bits per heavy atom. The molecule has 1 aromatic carbocycles. The van der Waals surface area contributed by atoms with Gasteiger partial charge in [-0.05, 0) is 37.0 Å². The van der Waals surface area contributed by atoms with Gasteiger partial charge < -0.3 is 4.90 Å². The number of halogens is 2. The third-order valence-corrected chi connectivity index (χ3v) is 3.43. The monoisotopic (exact) mass is 255 g/mol. The summed E-state index contributed by atoms with van der Waals surface area (Å²) >= 11 is 5.93. The molecule has 0 spiro atoms. The van der Waals surface area contributed by atoms with Crippen molar-refractivity contribution >= 4 is 17.5 Å². The lowest BCUT2D eigenvalue weighted by Gasteiger charge is -2.31. The van der Waals surface area contributed by atoms with E-state index in [1.165, 1.54) is 18.2 Å². The van der Waals surface area contributed by atoms with E-state index in [2.05, 4.69) is 6.92 Å². The van der Waals surface area contributed by atoms with Crippen LogP contribution in [0.4, 0.5) is 4.39 Å². The smallest absolute Gasteiger partial charge is 0.255 e. The van der Waals surface area contributed by atoms with Crippen molar-refractivity contribution in [2.75, 3.05) is 13.1 Å². The van der Waals surface area contributed by atoms with E-state index in [0.717, 1.165) is 25.9 Å². The van der Waals surface area contributed by atoms with Gasteiger partial charge in [0.1, 0.15) is 5.82 Å². The summed E-state index contributed by atoms with van der Waals surface area (Å²) in [5.41, 5.74) is 0.265. The first-order valence-electron chi connectivity index (χ1n) is 5.82. The van der Waals surface area contributed by atoms with E-state index in [1.54, 1.807) is 4.90 Å². The average Bonchev–Trinajstić information content (AvgIpc) is 2.31. The van der Waals surface area contributed by atoms with Gasteiger partial charge >= 0.3 is 0 Å². The first-order chi connectivity index (χ1) is 8.08. The van der Waals surface area contributed by atoms with Crippen LogP contribution >= 0.6 is 11.6 Å². The SMILES string of the molecule is CC1CCCN(C(=O)c2cc(F)ccc2Cl)C1. The molecule has 0 radical (unpaired) electrons. The highest BCUT2D eigenvalue weighted by Crippen LogP contribution is 2.22. The fourth-order valence-corrected chi connectivity index (χ4v) is 2.40. The second kappa shape index (κ2) is 5.05. The Labute approximate surface area is 105 Å². The van der Waals surface area contributed by atoms with Gasteiger partial charge in [0.2, 0.25) is 0 Å². The highest BCUT2D eigenvalue weighted by molar-refractivity contribution is 6.33. The summed E-state index contributed by atoms with van der Waals surface area (Å²) in [6.45, 7) is 3.58. The Balaban J connectivity index is 2.21. The minimum atomic E-state index is -0.428. The van der Waals surface area contributed by atoms with Crippen LogP contribution < -0.4 is 0 Å². The van der Waals surface area contributed by atoms with Crippen molar-refractivity contribution in [1.82, 2.24) is 4.90 Å². The predicted octanol–water partition coefficient (Wildman–Crippen LogP) is 3.35. The summed E-state index contributed by atoms with van der Waals surface area (Å²) in [4.78, 5) is 14.0. The molecule has 1 fully saturated rings. The zero-order chi connectivity index (χ0) is 12.4. The van der Waals surface area contributed by atoms with Crippen molar-refractivity contribution in [3.05, 3.63) is 34.6 Å². The fraction of sp³-hybridized carbons (Fsp3) is 0.462. The van der Waals surface area contributed by atoms with Gasteiger partial charge in [0.15, 0.2) is 0 Å². The Morgan fingerprint density at radius 2 is 2.29 bits per heavy atom. The summed E-state index contributed by atoms with van der Waals surface area (Å²) < 4.78 is 13.1. The largest absolute Gasteiger partial charge is 0.338 e. The fourth-order valence-electron chi connectivity index (χ4n) is 2.21. The van der Waals surface area contributed by atoms with E-state index >= 15 is 0 Å². The molecule has 1 aliphatic heterocycles. The summed E-state index contributed by atoms with van der Waals surface area (Å²) in [7, 11) is 0. The van der Waals surface area contributed by atoms with E-state index in [9.17, 15) is 9.18 Å². The lowest BCUT2D eigenvalue weighted by Crippen LogP contribution is -2.39. The quantitative estimate of drug-likeness (QED) is 0.754. The van der Waals surface area contributed by atoms with Crippen molar-refractivity contribution in [3.8, 4) is 0 Å². The Hall–Kier alpha value is -1.09. The first-order valence-corrected chi connectivity index (χ1v) is 6.20. The number of nitrogens with zero attached hydrogens (tertiary/aromatic N) is 1. The summed E-state index contributed by atoms with van der Waals surface area (Å²) in [6, 6.07) is 3.90. The molecule has 1 aliphatic rings. The maximum atomic E-state index is 13.1. The third-order valence-electron chi connectivity index (χ3n) is 3.10. The zero-order valence-corrected chi connectivity index (χ0v) is 10.5. The van der Waals surface area contributed by atoms with Gasteiger partial charge in [-0.1, -0.05) is 18.5 Å². The summed E-state index contributed by atoms with van der Waals surface area (Å²) in [5, 5.41) is 0.314. The van der Waals surface area contributed by atoms with Crippen LogP contribution in [0.25, 0.3) is 0 Å². The van der Waals surface area contributed by atoms with E-state index in [1.807, 2.05) is 0 Å². The molecule has 0 bridgehead atoms. The van der Waals surface area contributed by atoms with E-state index in [4.69, 9.17) is 11.6 Å². The molecular formula is C13H15ClFNO. The Bertz CT molecular complexity index is 435. The van der Waals surface area contributed by atoms with Crippen LogP contribution in [0.1, 0.15) is 30.1 Å². The second-order valence-electron chi connectivity index (χ2n) is 4.62. The zero-order valence-electron chi connectivity index (χ0n) is 9.75. The van der Waals surface area contributed by atoms with Gasteiger partial charge in [-0.25, -0.2) is 4.39 Å². The van der Waals surface area contributed by atoms with Gasteiger partial charge in [0.25, 0.3) is 5.91 Å². The van der Waals surface area contributed by atoms with Crippen LogP contribution in [-0.4, -0.2) is 23.9 Å². The topological polar surface area (TPSA) is 20.3 Å². The standard InChI is InChI=1S/C13H15ClFNO/c1-9-3-2-6-16(8-9)13(17)11-7-10(15)4-5-12(11)14/h4-5,7,9H,2-3,6,8H2,1H3. The number of carbonyl (C=O) groups is 1. The maximum absolute atomic E-state index is 13.1. The van der Waals surface area contributed by atoms with E-state index in [-0.39, 0.29) is 11.5 Å². The van der Waals surface area contributed by atoms with Crippen LogP contribution in [0.2, 0.25) is 5.02 Å². The maximum Gasteiger partial charge on any atom is 0.255 e. The molecule has 0 aromatic heterocycles. The first kappa shape index (κ1) is 12.4. The lowest BCUT2D eigenvalue weighted by atomic mass is 9.99. The summed E-state index contributed by atoms with van der Waals surface area (Å²) in [5.74, 6) is -0.0936. The predicted molar refractivity (Wildman–Crippen MR) is 65.7 cm³/mol. The molecule has 92 valence electrons. The molecule has 0 saturated carbocycles. The van der Waals surface area contributed by atoms with Crippen molar-refractivity contribution < 1.29 is 9.18 Å². The second-order valence-corrected chi connectivity index (χ2v) is 5.03. The number of rotatable bonds is 1. The lowest BCUT2D eigenvalue weighted by molar-refractivity contribution is 0.0682. The van der Waals surface area contributed by atoms with Crippen LogP contribution in [0.15, 0.2) is 18.2 Å². The average molecular weight is 256 g/mol. The van der Waals surface area contributed by atoms with Crippen molar-refractivity contribution in [1.29, 1.82) is 0 Å². The molecule has 1 aromatic rings. The molecule has 1 amide bonds. The number of likely N-dealkylation sites (tertiary alicyclic amines) is 1. The van der Waals surface area contributed by atoms with Crippen LogP contribution in [0.3, 0.4) is 0 Å². The number of hydrogen-bond donors (Lipinski definition) is 0. The number of amides is 1. The highest BCUT2D eigenvalue weighted by Gasteiger charge is 2.23.